The summed E-state index contributed by atoms with van der Waals surface area (Å²) in [6.45, 7) is 7.02. The van der Waals surface area contributed by atoms with Gasteiger partial charge in [0.05, 0.1) is 0 Å². The Bertz CT molecular complexity index is 193. The number of nitrogens with zero attached hydrogens (tertiary/aromatic N) is 1. The zero-order valence-corrected chi connectivity index (χ0v) is 8.99. The van der Waals surface area contributed by atoms with Gasteiger partial charge in [-0.25, -0.2) is 0 Å². The van der Waals surface area contributed by atoms with Crippen LogP contribution in [0.2, 0.25) is 0 Å². The lowest BCUT2D eigenvalue weighted by atomic mass is 9.95. The van der Waals surface area contributed by atoms with E-state index in [4.69, 9.17) is 0 Å². The Morgan fingerprint density at radius 1 is 1.21 bits per heavy atom. The molecule has 1 rings (SSSR count). The molecule has 14 heavy (non-hydrogen) atoms. The molecule has 0 N–H and O–H groups in total. The Morgan fingerprint density at radius 2 is 1.79 bits per heavy atom. The predicted molar refractivity (Wildman–Crippen MR) is 50.1 cm³/mol. The third kappa shape index (κ3) is 3.15. The van der Waals surface area contributed by atoms with Gasteiger partial charge in [0.15, 0.2) is 0 Å². The zero-order valence-electron chi connectivity index (χ0n) is 8.99. The first-order chi connectivity index (χ1) is 6.20. The van der Waals surface area contributed by atoms with Crippen molar-refractivity contribution in [1.29, 1.82) is 0 Å². The van der Waals surface area contributed by atoms with E-state index in [9.17, 15) is 13.2 Å². The maximum absolute atomic E-state index is 12.5. The molecule has 1 heterocycles. The van der Waals surface area contributed by atoms with Crippen molar-refractivity contribution in [2.24, 2.45) is 5.41 Å². The monoisotopic (exact) mass is 209 g/mol. The number of hydrogen-bond donors (Lipinski definition) is 0. The topological polar surface area (TPSA) is 3.24 Å². The lowest BCUT2D eigenvalue weighted by Crippen LogP contribution is -2.44. The molecule has 0 saturated carbocycles. The summed E-state index contributed by atoms with van der Waals surface area (Å²) in [5.74, 6) is 0. The smallest absolute Gasteiger partial charge is 0.292 e. The molecule has 0 bridgehead atoms. The van der Waals surface area contributed by atoms with Gasteiger partial charge in [0.2, 0.25) is 0 Å². The Morgan fingerprint density at radius 3 is 2.21 bits per heavy atom. The number of alkyl halides is 3. The SMILES string of the molecule is CC(C)(C)CN1CCC[C@H]1C(F)(F)F. The van der Waals surface area contributed by atoms with Crippen LogP contribution < -0.4 is 0 Å². The molecule has 84 valence electrons. The first kappa shape index (κ1) is 11.8. The average Bonchev–Trinajstić information content (AvgIpc) is 2.29. The van der Waals surface area contributed by atoms with Crippen molar-refractivity contribution in [1.82, 2.24) is 4.90 Å². The molecular formula is C10H18F3N. The van der Waals surface area contributed by atoms with Crippen molar-refractivity contribution in [2.45, 2.75) is 45.8 Å². The highest BCUT2D eigenvalue weighted by Crippen LogP contribution is 2.34. The molecule has 0 aliphatic carbocycles. The minimum absolute atomic E-state index is 0.0617. The Labute approximate surface area is 83.3 Å². The first-order valence-corrected chi connectivity index (χ1v) is 5.01. The largest absolute Gasteiger partial charge is 0.404 e. The van der Waals surface area contributed by atoms with Crippen LogP contribution in [0.5, 0.6) is 0 Å². The van der Waals surface area contributed by atoms with Gasteiger partial charge in [-0.15, -0.1) is 0 Å². The van der Waals surface area contributed by atoms with Gasteiger partial charge in [0.25, 0.3) is 0 Å². The second-order valence-electron chi connectivity index (χ2n) is 5.23. The van der Waals surface area contributed by atoms with Gasteiger partial charge < -0.3 is 0 Å². The van der Waals surface area contributed by atoms with Crippen LogP contribution in [-0.4, -0.2) is 30.2 Å². The van der Waals surface area contributed by atoms with E-state index in [1.165, 1.54) is 0 Å². The van der Waals surface area contributed by atoms with E-state index in [0.717, 1.165) is 0 Å². The molecule has 0 aromatic heterocycles. The summed E-state index contributed by atoms with van der Waals surface area (Å²) < 4.78 is 37.6. The van der Waals surface area contributed by atoms with Gasteiger partial charge in [0.1, 0.15) is 6.04 Å². The predicted octanol–water partition coefficient (Wildman–Crippen LogP) is 3.06. The molecule has 0 radical (unpaired) electrons. The van der Waals surface area contributed by atoms with Crippen molar-refractivity contribution in [3.05, 3.63) is 0 Å². The average molecular weight is 209 g/mol. The molecule has 1 nitrogen and oxygen atoms in total. The Hall–Kier alpha value is -0.250. The standard InChI is InChI=1S/C10H18F3N/c1-9(2,3)7-14-6-4-5-8(14)10(11,12)13/h8H,4-7H2,1-3H3/t8-/m0/s1. The number of hydrogen-bond acceptors (Lipinski definition) is 1. The van der Waals surface area contributed by atoms with Crippen LogP contribution in [0.15, 0.2) is 0 Å². The molecule has 1 atom stereocenters. The summed E-state index contributed by atoms with van der Waals surface area (Å²) in [6.07, 6.45) is -3.12. The summed E-state index contributed by atoms with van der Waals surface area (Å²) in [6, 6.07) is -1.21. The van der Waals surface area contributed by atoms with Crippen LogP contribution in [0, 0.1) is 5.41 Å². The molecular weight excluding hydrogens is 191 g/mol. The van der Waals surface area contributed by atoms with Crippen LogP contribution in [0.25, 0.3) is 0 Å². The molecule has 0 aromatic carbocycles. The number of rotatable bonds is 1. The lowest BCUT2D eigenvalue weighted by molar-refractivity contribution is -0.178. The van der Waals surface area contributed by atoms with E-state index in [-0.39, 0.29) is 11.8 Å². The highest BCUT2D eigenvalue weighted by atomic mass is 19.4. The van der Waals surface area contributed by atoms with Gasteiger partial charge in [-0.3, -0.25) is 4.90 Å². The fourth-order valence-corrected chi connectivity index (χ4v) is 2.00. The third-order valence-electron chi connectivity index (χ3n) is 2.42. The lowest BCUT2D eigenvalue weighted by Gasteiger charge is -2.32. The minimum Gasteiger partial charge on any atom is -0.292 e. The number of halogens is 3. The highest BCUT2D eigenvalue weighted by Gasteiger charge is 2.46. The summed E-state index contributed by atoms with van der Waals surface area (Å²) in [4.78, 5) is 1.57. The minimum atomic E-state index is -4.05. The summed E-state index contributed by atoms with van der Waals surface area (Å²) in [5, 5.41) is 0. The van der Waals surface area contributed by atoms with Crippen LogP contribution in [0.3, 0.4) is 0 Å². The molecule has 0 unspecified atom stereocenters. The van der Waals surface area contributed by atoms with Gasteiger partial charge in [-0.2, -0.15) is 13.2 Å². The van der Waals surface area contributed by atoms with Gasteiger partial charge in [-0.05, 0) is 24.8 Å². The fraction of sp³-hybridized carbons (Fsp3) is 1.00. The van der Waals surface area contributed by atoms with E-state index in [2.05, 4.69) is 0 Å². The van der Waals surface area contributed by atoms with Crippen LogP contribution in [0.1, 0.15) is 33.6 Å². The van der Waals surface area contributed by atoms with Crippen molar-refractivity contribution < 1.29 is 13.2 Å². The van der Waals surface area contributed by atoms with E-state index >= 15 is 0 Å². The summed E-state index contributed by atoms with van der Waals surface area (Å²) >= 11 is 0. The fourth-order valence-electron chi connectivity index (χ4n) is 2.00. The van der Waals surface area contributed by atoms with E-state index in [1.807, 2.05) is 20.8 Å². The first-order valence-electron chi connectivity index (χ1n) is 5.01. The molecule has 0 amide bonds. The van der Waals surface area contributed by atoms with Gasteiger partial charge in [-0.1, -0.05) is 20.8 Å². The zero-order chi connectivity index (χ0) is 11.0. The van der Waals surface area contributed by atoms with E-state index in [0.29, 0.717) is 19.5 Å². The van der Waals surface area contributed by atoms with Crippen LogP contribution in [-0.2, 0) is 0 Å². The molecule has 1 aliphatic rings. The number of likely N-dealkylation sites (tertiary alicyclic amines) is 1. The second-order valence-corrected chi connectivity index (χ2v) is 5.23. The molecule has 0 spiro atoms. The van der Waals surface area contributed by atoms with Crippen molar-refractivity contribution in [3.8, 4) is 0 Å². The van der Waals surface area contributed by atoms with Crippen LogP contribution in [0.4, 0.5) is 13.2 Å². The quantitative estimate of drug-likeness (QED) is 0.641. The van der Waals surface area contributed by atoms with Gasteiger partial charge in [0, 0.05) is 6.54 Å². The normalized spacial score (nSPS) is 25.7. The van der Waals surface area contributed by atoms with E-state index < -0.39 is 12.2 Å². The van der Waals surface area contributed by atoms with E-state index in [1.54, 1.807) is 4.90 Å². The summed E-state index contributed by atoms with van der Waals surface area (Å²) in [7, 11) is 0. The molecule has 1 aliphatic heterocycles. The van der Waals surface area contributed by atoms with Crippen molar-refractivity contribution in [3.63, 3.8) is 0 Å². The third-order valence-corrected chi connectivity index (χ3v) is 2.42. The maximum Gasteiger partial charge on any atom is 0.404 e. The summed E-state index contributed by atoms with van der Waals surface area (Å²) in [5.41, 5.74) is -0.0617. The van der Waals surface area contributed by atoms with Crippen LogP contribution >= 0.6 is 0 Å². The molecule has 0 aromatic rings. The van der Waals surface area contributed by atoms with Crippen molar-refractivity contribution in [2.75, 3.05) is 13.1 Å². The molecule has 1 saturated heterocycles. The van der Waals surface area contributed by atoms with Crippen molar-refractivity contribution >= 4 is 0 Å². The highest BCUT2D eigenvalue weighted by molar-refractivity contribution is 4.86. The Balaban J connectivity index is 2.61. The Kier molecular flexibility index (Phi) is 3.14. The second kappa shape index (κ2) is 3.72. The molecule has 4 heteroatoms. The van der Waals surface area contributed by atoms with Gasteiger partial charge >= 0.3 is 6.18 Å². The maximum atomic E-state index is 12.5. The molecule has 1 fully saturated rings.